The summed E-state index contributed by atoms with van der Waals surface area (Å²) < 4.78 is 82.6. The van der Waals surface area contributed by atoms with Gasteiger partial charge < -0.3 is 0 Å². The van der Waals surface area contributed by atoms with Crippen LogP contribution in [-0.2, 0) is 34.0 Å². The molecule has 2 aliphatic rings. The number of hydrogen-bond acceptors (Lipinski definition) is 0. The van der Waals surface area contributed by atoms with Crippen molar-refractivity contribution in [1.82, 2.24) is 0 Å². The van der Waals surface area contributed by atoms with Crippen LogP contribution in [0.15, 0.2) is 132 Å². The third kappa shape index (κ3) is 9.49. The van der Waals surface area contributed by atoms with Crippen molar-refractivity contribution in [2.24, 2.45) is 0 Å². The topological polar surface area (TPSA) is 0 Å². The van der Waals surface area contributed by atoms with E-state index < -0.39 is 23.5 Å². The highest BCUT2D eigenvalue weighted by Gasteiger charge is 2.41. The van der Waals surface area contributed by atoms with Crippen molar-refractivity contribution in [2.45, 2.75) is 117 Å². The maximum atomic E-state index is 13.8. The molecule has 0 spiro atoms. The molecule has 6 heteroatoms. The molecule has 0 fully saturated rings. The SMILES string of the molecule is CC(C)(C)c1cc(C2=C(C#Cc3ccc(C(F)(F)F)cc3)C(c3cc(C(C)(C)C)cc(C(C)(C)C)c3)=C3C2=C(C#Cc2ccc(C(F)(F)F)cc2)c2cc4ccccc4cc23)cc(C(C)(C)C)c1. The van der Waals surface area contributed by atoms with Crippen molar-refractivity contribution in [3.8, 4) is 23.7 Å². The summed E-state index contributed by atoms with van der Waals surface area (Å²) in [6, 6.07) is 35.8. The second-order valence-corrected chi connectivity index (χ2v) is 22.2. The Bertz CT molecular complexity index is 3170. The maximum absolute atomic E-state index is 13.8. The number of halogens is 6. The van der Waals surface area contributed by atoms with Gasteiger partial charge in [-0.3, -0.25) is 0 Å². The summed E-state index contributed by atoms with van der Waals surface area (Å²) in [5.74, 6) is 13.7. The molecule has 6 aromatic carbocycles. The average molecular weight is 915 g/mol. The van der Waals surface area contributed by atoms with Crippen LogP contribution in [0.1, 0.15) is 150 Å². The van der Waals surface area contributed by atoms with E-state index in [1.165, 1.54) is 24.3 Å². The molecule has 0 heterocycles. The molecule has 0 unspecified atom stereocenters. The Hall–Kier alpha value is -6.50. The molecular formula is C62H56F6. The molecule has 0 aromatic heterocycles. The van der Waals surface area contributed by atoms with E-state index in [4.69, 9.17) is 0 Å². The van der Waals surface area contributed by atoms with Gasteiger partial charge in [-0.05, 0) is 138 Å². The molecule has 0 nitrogen and oxygen atoms in total. The first-order valence-corrected chi connectivity index (χ1v) is 23.0. The van der Waals surface area contributed by atoms with Gasteiger partial charge in [0.15, 0.2) is 0 Å². The average Bonchev–Trinajstić information content (AvgIpc) is 3.73. The first-order chi connectivity index (χ1) is 31.5. The summed E-state index contributed by atoms with van der Waals surface area (Å²) in [6.07, 6.45) is -9.00. The zero-order chi connectivity index (χ0) is 49.5. The summed E-state index contributed by atoms with van der Waals surface area (Å²) in [5.41, 5.74) is 11.4. The van der Waals surface area contributed by atoms with Crippen LogP contribution in [0, 0.1) is 23.7 Å². The number of fused-ring (bicyclic) bond motifs is 4. The molecule has 0 radical (unpaired) electrons. The van der Waals surface area contributed by atoms with Gasteiger partial charge in [0.1, 0.15) is 0 Å². The maximum Gasteiger partial charge on any atom is 0.416 e. The molecule has 0 saturated heterocycles. The predicted molar refractivity (Wildman–Crippen MR) is 269 cm³/mol. The van der Waals surface area contributed by atoms with E-state index in [0.717, 1.165) is 102 Å². The Kier molecular flexibility index (Phi) is 11.7. The third-order valence-electron chi connectivity index (χ3n) is 12.9. The second-order valence-electron chi connectivity index (χ2n) is 22.2. The van der Waals surface area contributed by atoms with Gasteiger partial charge >= 0.3 is 12.4 Å². The number of rotatable bonds is 2. The first-order valence-electron chi connectivity index (χ1n) is 23.0. The van der Waals surface area contributed by atoms with Gasteiger partial charge in [-0.1, -0.05) is 167 Å². The van der Waals surface area contributed by atoms with Crippen molar-refractivity contribution < 1.29 is 26.3 Å². The lowest BCUT2D eigenvalue weighted by Crippen LogP contribution is -2.17. The molecule has 0 N–H and O–H groups in total. The fraction of sp³-hybridized carbons (Fsp3) is 0.290. The molecule has 346 valence electrons. The normalized spacial score (nSPS) is 14.5. The molecule has 68 heavy (non-hydrogen) atoms. The minimum atomic E-state index is -4.50. The van der Waals surface area contributed by atoms with Crippen LogP contribution >= 0.6 is 0 Å². The molecule has 8 rings (SSSR count). The summed E-state index contributed by atoms with van der Waals surface area (Å²) in [7, 11) is 0. The minimum absolute atomic E-state index is 0.248. The van der Waals surface area contributed by atoms with Crippen LogP contribution < -0.4 is 0 Å². The van der Waals surface area contributed by atoms with Crippen LogP contribution in [0.2, 0.25) is 0 Å². The van der Waals surface area contributed by atoms with Crippen LogP contribution in [0.4, 0.5) is 26.3 Å². The lowest BCUT2D eigenvalue weighted by Gasteiger charge is -2.27. The zero-order valence-corrected chi connectivity index (χ0v) is 40.8. The summed E-state index contributed by atoms with van der Waals surface area (Å²) in [6.45, 7) is 26.3. The van der Waals surface area contributed by atoms with Gasteiger partial charge in [0, 0.05) is 44.6 Å². The van der Waals surface area contributed by atoms with Crippen LogP contribution in [0.3, 0.4) is 0 Å². The van der Waals surface area contributed by atoms with Crippen molar-refractivity contribution in [3.63, 3.8) is 0 Å². The van der Waals surface area contributed by atoms with Crippen molar-refractivity contribution in [1.29, 1.82) is 0 Å². The summed E-state index contributed by atoms with van der Waals surface area (Å²) in [5, 5.41) is 2.02. The van der Waals surface area contributed by atoms with E-state index in [2.05, 4.69) is 167 Å². The van der Waals surface area contributed by atoms with Crippen molar-refractivity contribution in [3.05, 3.63) is 199 Å². The van der Waals surface area contributed by atoms with Crippen LogP contribution in [0.25, 0.3) is 33.1 Å². The summed E-state index contributed by atoms with van der Waals surface area (Å²) >= 11 is 0. The molecule has 0 atom stereocenters. The highest BCUT2D eigenvalue weighted by atomic mass is 19.4. The Morgan fingerprint density at radius 1 is 0.309 bits per heavy atom. The van der Waals surface area contributed by atoms with E-state index in [0.29, 0.717) is 22.3 Å². The van der Waals surface area contributed by atoms with Gasteiger partial charge in [0.05, 0.1) is 11.1 Å². The molecule has 0 aliphatic heterocycles. The zero-order valence-electron chi connectivity index (χ0n) is 40.8. The number of hydrogen-bond donors (Lipinski definition) is 0. The van der Waals surface area contributed by atoms with E-state index in [1.54, 1.807) is 0 Å². The van der Waals surface area contributed by atoms with Crippen LogP contribution in [-0.4, -0.2) is 0 Å². The fourth-order valence-electron chi connectivity index (χ4n) is 8.80. The van der Waals surface area contributed by atoms with E-state index in [9.17, 15) is 26.3 Å². The lowest BCUT2D eigenvalue weighted by atomic mass is 9.77. The largest absolute Gasteiger partial charge is 0.416 e. The predicted octanol–water partition coefficient (Wildman–Crippen LogP) is 17.3. The third-order valence-corrected chi connectivity index (χ3v) is 12.9. The van der Waals surface area contributed by atoms with Gasteiger partial charge in [-0.25, -0.2) is 0 Å². The van der Waals surface area contributed by atoms with Crippen LogP contribution in [0.5, 0.6) is 0 Å². The second kappa shape index (κ2) is 16.6. The number of alkyl halides is 6. The number of benzene rings is 6. The molecule has 6 aromatic rings. The quantitative estimate of drug-likeness (QED) is 0.120. The van der Waals surface area contributed by atoms with Gasteiger partial charge in [-0.15, -0.1) is 0 Å². The van der Waals surface area contributed by atoms with E-state index >= 15 is 0 Å². The molecular weight excluding hydrogens is 859 g/mol. The Morgan fingerprint density at radius 2 is 0.662 bits per heavy atom. The van der Waals surface area contributed by atoms with Gasteiger partial charge in [0.2, 0.25) is 0 Å². The van der Waals surface area contributed by atoms with E-state index in [1.807, 2.05) is 12.1 Å². The van der Waals surface area contributed by atoms with Crippen molar-refractivity contribution in [2.75, 3.05) is 0 Å². The van der Waals surface area contributed by atoms with Gasteiger partial charge in [0.25, 0.3) is 0 Å². The van der Waals surface area contributed by atoms with Gasteiger partial charge in [-0.2, -0.15) is 26.3 Å². The molecule has 0 amide bonds. The Labute approximate surface area is 397 Å². The lowest BCUT2D eigenvalue weighted by molar-refractivity contribution is -0.138. The first kappa shape index (κ1) is 48.0. The molecule has 0 saturated carbocycles. The highest BCUT2D eigenvalue weighted by molar-refractivity contribution is 6.30. The van der Waals surface area contributed by atoms with Crippen molar-refractivity contribution >= 4 is 33.1 Å². The molecule has 0 bridgehead atoms. The Morgan fingerprint density at radius 3 is 1.03 bits per heavy atom. The minimum Gasteiger partial charge on any atom is -0.166 e. The standard InChI is InChI=1S/C62H56F6/c1-57(2,3)45-29-41(30-46(35-45)58(4,5)6)53-50(28-22-38-19-25-44(26-20-38)62(66,67)68)54(42-31-47(59(7,8)9)36-48(32-42)60(10,11)12)56-52-34-40-16-14-13-15-39(40)33-51(52)49(55(53)56)27-21-37-17-23-43(24-18-37)61(63,64)65/h13-20,23-26,29-36H,1-12H3. The Balaban J connectivity index is 1.58. The summed E-state index contributed by atoms with van der Waals surface area (Å²) in [4.78, 5) is 0. The van der Waals surface area contributed by atoms with E-state index in [-0.39, 0.29) is 21.7 Å². The monoisotopic (exact) mass is 914 g/mol. The smallest absolute Gasteiger partial charge is 0.166 e. The molecule has 2 aliphatic carbocycles. The number of allylic oxidation sites excluding steroid dienone is 6. The highest BCUT2D eigenvalue weighted by Crippen LogP contribution is 2.59. The fourth-order valence-corrected chi connectivity index (χ4v) is 8.80.